The van der Waals surface area contributed by atoms with Crippen molar-refractivity contribution in [3.05, 3.63) is 65.5 Å². The van der Waals surface area contributed by atoms with Gasteiger partial charge >= 0.3 is 0 Å². The molecule has 6 nitrogen and oxygen atoms in total. The number of ether oxygens (including phenoxy) is 1. The zero-order valence-corrected chi connectivity index (χ0v) is 20.7. The zero-order chi connectivity index (χ0) is 24.6. The van der Waals surface area contributed by atoms with Crippen molar-refractivity contribution in [1.82, 2.24) is 14.5 Å². The number of hydrogen-bond donors (Lipinski definition) is 2. The Labute approximate surface area is 197 Å². The number of nitrogens with zero attached hydrogens (tertiary/aromatic N) is 2. The van der Waals surface area contributed by atoms with Crippen LogP contribution in [0.4, 0.5) is 8.78 Å². The molecule has 4 aromatic rings. The average molecular weight is 483 g/mol. The zero-order valence-electron chi connectivity index (χ0n) is 19.7. The number of benzene rings is 1. The number of aromatic amines is 1. The average Bonchev–Trinajstić information content (AvgIpc) is 3.39. The molecule has 3 aromatic heterocycles. The number of aromatic nitrogens is 3. The fourth-order valence-electron chi connectivity index (χ4n) is 3.93. The van der Waals surface area contributed by atoms with E-state index in [0.717, 1.165) is 17.0 Å². The Hall–Kier alpha value is -3.30. The molecular weight excluding hydrogens is 454 g/mol. The Morgan fingerprint density at radius 1 is 1.15 bits per heavy atom. The summed E-state index contributed by atoms with van der Waals surface area (Å²) in [7, 11) is -1.34. The number of carbonyl (C=O) groups excluding carboxylic acids is 1. The van der Waals surface area contributed by atoms with Crippen molar-refractivity contribution in [2.75, 3.05) is 6.61 Å². The van der Waals surface area contributed by atoms with Crippen LogP contribution in [0.1, 0.15) is 15.9 Å². The van der Waals surface area contributed by atoms with Crippen LogP contribution in [0.5, 0.6) is 0 Å². The molecule has 0 spiro atoms. The number of fused-ring (bicyclic) bond motifs is 1. The summed E-state index contributed by atoms with van der Waals surface area (Å²) in [6.07, 6.45) is 3.41. The van der Waals surface area contributed by atoms with E-state index < -0.39 is 25.6 Å². The smallest absolute Gasteiger partial charge is 0.250 e. The first-order valence-corrected chi connectivity index (χ1v) is 14.8. The van der Waals surface area contributed by atoms with Crippen LogP contribution in [-0.2, 0) is 11.5 Å². The van der Waals surface area contributed by atoms with E-state index in [4.69, 9.17) is 10.5 Å². The van der Waals surface area contributed by atoms with Crippen molar-refractivity contribution in [2.45, 2.75) is 39.3 Å². The van der Waals surface area contributed by atoms with Crippen molar-refractivity contribution < 1.29 is 18.3 Å². The van der Waals surface area contributed by atoms with Gasteiger partial charge in [0.05, 0.1) is 17.0 Å². The minimum Gasteiger partial charge on any atom is -0.366 e. The lowest BCUT2D eigenvalue weighted by Crippen LogP contribution is -2.22. The van der Waals surface area contributed by atoms with Crippen LogP contribution >= 0.6 is 0 Å². The van der Waals surface area contributed by atoms with Gasteiger partial charge in [-0.2, -0.15) is 0 Å². The second kappa shape index (κ2) is 9.15. The fraction of sp³-hybridized carbons (Fsp3) is 0.280. The summed E-state index contributed by atoms with van der Waals surface area (Å²) in [5, 5.41) is 0.821. The molecule has 4 rings (SSSR count). The van der Waals surface area contributed by atoms with Crippen molar-refractivity contribution in [1.29, 1.82) is 0 Å². The maximum atomic E-state index is 15.1. The summed E-state index contributed by atoms with van der Waals surface area (Å²) < 4.78 is 37.4. The van der Waals surface area contributed by atoms with E-state index in [1.165, 1.54) is 19.1 Å². The quantitative estimate of drug-likeness (QED) is 0.250. The first kappa shape index (κ1) is 23.8. The Bertz CT molecular complexity index is 1370. The van der Waals surface area contributed by atoms with Crippen molar-refractivity contribution in [3.63, 3.8) is 0 Å². The molecule has 34 heavy (non-hydrogen) atoms. The van der Waals surface area contributed by atoms with E-state index in [1.807, 2.05) is 12.1 Å². The van der Waals surface area contributed by atoms with E-state index in [2.05, 4.69) is 29.6 Å². The molecule has 0 atom stereocenters. The molecule has 1 aromatic carbocycles. The van der Waals surface area contributed by atoms with Crippen LogP contribution in [0.15, 0.2) is 42.7 Å². The molecule has 178 valence electrons. The molecule has 0 radical (unpaired) electrons. The number of nitrogens with two attached hydrogens (primary N) is 1. The van der Waals surface area contributed by atoms with Crippen LogP contribution in [0, 0.1) is 18.6 Å². The number of carbonyl (C=O) groups is 1. The Morgan fingerprint density at radius 3 is 2.62 bits per heavy atom. The predicted octanol–water partition coefficient (Wildman–Crippen LogP) is 5.70. The van der Waals surface area contributed by atoms with Gasteiger partial charge in [0, 0.05) is 43.6 Å². The summed E-state index contributed by atoms with van der Waals surface area (Å²) >= 11 is 0. The van der Waals surface area contributed by atoms with Gasteiger partial charge in [0.15, 0.2) is 11.6 Å². The number of nitrogens with one attached hydrogen (secondary N) is 1. The highest BCUT2D eigenvalue weighted by Gasteiger charge is 2.26. The van der Waals surface area contributed by atoms with Crippen LogP contribution in [-0.4, -0.2) is 35.1 Å². The summed E-state index contributed by atoms with van der Waals surface area (Å²) in [6, 6.07) is 9.18. The molecule has 3 heterocycles. The highest BCUT2D eigenvalue weighted by atomic mass is 28.3. The van der Waals surface area contributed by atoms with Gasteiger partial charge in [-0.25, -0.2) is 13.8 Å². The summed E-state index contributed by atoms with van der Waals surface area (Å²) in [4.78, 5) is 19.9. The van der Waals surface area contributed by atoms with Crippen molar-refractivity contribution in [2.24, 2.45) is 5.73 Å². The van der Waals surface area contributed by atoms with Crippen LogP contribution in [0.3, 0.4) is 0 Å². The minimum absolute atomic E-state index is 0.0451. The number of halogens is 2. The van der Waals surface area contributed by atoms with Gasteiger partial charge in [-0.15, -0.1) is 0 Å². The first-order chi connectivity index (χ1) is 16.1. The third-order valence-electron chi connectivity index (χ3n) is 5.85. The summed E-state index contributed by atoms with van der Waals surface area (Å²) in [6.45, 7) is 8.79. The lowest BCUT2D eigenvalue weighted by atomic mass is 10.0. The third-order valence-corrected chi connectivity index (χ3v) is 7.55. The molecule has 0 unspecified atom stereocenters. The first-order valence-electron chi connectivity index (χ1n) is 11.1. The molecule has 3 N–H and O–H groups in total. The van der Waals surface area contributed by atoms with E-state index >= 15 is 4.39 Å². The van der Waals surface area contributed by atoms with E-state index in [0.29, 0.717) is 17.9 Å². The van der Waals surface area contributed by atoms with Gasteiger partial charge in [-0.3, -0.25) is 4.79 Å². The van der Waals surface area contributed by atoms with Gasteiger partial charge in [0.1, 0.15) is 12.4 Å². The Morgan fingerprint density at radius 2 is 1.91 bits per heavy atom. The normalized spacial score (nSPS) is 11.9. The molecule has 0 saturated carbocycles. The maximum Gasteiger partial charge on any atom is 0.250 e. The van der Waals surface area contributed by atoms with Crippen LogP contribution in [0.25, 0.3) is 33.5 Å². The fourth-order valence-corrected chi connectivity index (χ4v) is 4.69. The monoisotopic (exact) mass is 482 g/mol. The minimum atomic E-state index is -1.34. The molecule has 1 amide bonds. The third kappa shape index (κ3) is 4.53. The number of primary amides is 1. The highest BCUT2D eigenvalue weighted by molar-refractivity contribution is 6.76. The molecule has 9 heteroatoms. The summed E-state index contributed by atoms with van der Waals surface area (Å²) in [5.74, 6) is -2.73. The second-order valence-electron chi connectivity index (χ2n) is 9.59. The standard InChI is InChI=1S/C25H28F2N4O2Si/c1-15-5-6-18(22(27)21(15)26)23-19(24(28)32)13-20(31(23)14-33-11-12-34(2,3)4)16-7-9-29-25-17(16)8-10-30-25/h5-10,13H,11-12,14H2,1-4H3,(H2,28,32)(H,29,30). The largest absolute Gasteiger partial charge is 0.366 e. The van der Waals surface area contributed by atoms with E-state index in [1.54, 1.807) is 23.0 Å². The van der Waals surface area contributed by atoms with E-state index in [9.17, 15) is 9.18 Å². The van der Waals surface area contributed by atoms with Crippen LogP contribution < -0.4 is 5.73 Å². The lowest BCUT2D eigenvalue weighted by Gasteiger charge is -2.19. The molecular formula is C25H28F2N4O2Si. The van der Waals surface area contributed by atoms with Gasteiger partial charge in [0.25, 0.3) is 5.91 Å². The van der Waals surface area contributed by atoms with Gasteiger partial charge in [-0.05, 0) is 42.8 Å². The van der Waals surface area contributed by atoms with Crippen molar-refractivity contribution in [3.8, 4) is 22.5 Å². The van der Waals surface area contributed by atoms with E-state index in [-0.39, 0.29) is 29.1 Å². The van der Waals surface area contributed by atoms with Crippen molar-refractivity contribution >= 4 is 25.0 Å². The van der Waals surface area contributed by atoms with Gasteiger partial charge < -0.3 is 20.0 Å². The molecule has 0 bridgehead atoms. The molecule has 0 aliphatic carbocycles. The number of H-pyrrole nitrogens is 1. The summed E-state index contributed by atoms with van der Waals surface area (Å²) in [5.41, 5.74) is 8.15. The van der Waals surface area contributed by atoms with Crippen LogP contribution in [0.2, 0.25) is 25.7 Å². The topological polar surface area (TPSA) is 85.9 Å². The number of aryl methyl sites for hydroxylation is 1. The maximum absolute atomic E-state index is 15.1. The number of pyridine rings is 1. The molecule has 0 fully saturated rings. The number of hydrogen-bond acceptors (Lipinski definition) is 3. The van der Waals surface area contributed by atoms with Gasteiger partial charge in [0.2, 0.25) is 0 Å². The predicted molar refractivity (Wildman–Crippen MR) is 132 cm³/mol. The Balaban J connectivity index is 1.93. The van der Waals surface area contributed by atoms with Gasteiger partial charge in [-0.1, -0.05) is 25.7 Å². The number of rotatable bonds is 8. The lowest BCUT2D eigenvalue weighted by molar-refractivity contribution is 0.0893. The SMILES string of the molecule is Cc1ccc(-c2c(C(N)=O)cc(-c3ccnc4[nH]ccc34)n2COCC[Si](C)(C)C)c(F)c1F. The Kier molecular flexibility index (Phi) is 6.42. The number of amides is 1. The molecule has 0 saturated heterocycles. The highest BCUT2D eigenvalue weighted by Crippen LogP contribution is 2.37. The molecule has 0 aliphatic heterocycles. The second-order valence-corrected chi connectivity index (χ2v) is 15.2. The molecule has 0 aliphatic rings.